The van der Waals surface area contributed by atoms with Gasteiger partial charge in [-0.25, -0.2) is 9.59 Å². The minimum Gasteiger partial charge on any atom is -0.493 e. The highest BCUT2D eigenvalue weighted by atomic mass is 16.6. The van der Waals surface area contributed by atoms with E-state index in [1.165, 1.54) is 9.13 Å². The molecule has 1 unspecified atom stereocenters. The number of carbonyl (C=O) groups is 3. The Hall–Kier alpha value is -3.30. The summed E-state index contributed by atoms with van der Waals surface area (Å²) >= 11 is 0. The molecule has 2 fully saturated rings. The molecule has 0 bridgehead atoms. The van der Waals surface area contributed by atoms with Crippen LogP contribution in [-0.4, -0.2) is 57.2 Å². The summed E-state index contributed by atoms with van der Waals surface area (Å²) in [6, 6.07) is 4.66. The van der Waals surface area contributed by atoms with E-state index in [2.05, 4.69) is 5.32 Å². The second-order valence-electron chi connectivity index (χ2n) is 10.1. The van der Waals surface area contributed by atoms with E-state index >= 15 is 0 Å². The van der Waals surface area contributed by atoms with Gasteiger partial charge in [-0.1, -0.05) is 0 Å². The van der Waals surface area contributed by atoms with Crippen LogP contribution in [0.3, 0.4) is 0 Å². The van der Waals surface area contributed by atoms with Gasteiger partial charge < -0.3 is 14.4 Å². The van der Waals surface area contributed by atoms with E-state index in [0.717, 1.165) is 12.8 Å². The predicted octanol–water partition coefficient (Wildman–Crippen LogP) is 2.34. The number of likely N-dealkylation sites (tertiary alicyclic amines) is 1. The maximum atomic E-state index is 12.9. The van der Waals surface area contributed by atoms with Gasteiger partial charge in [0.1, 0.15) is 17.4 Å². The van der Waals surface area contributed by atoms with Gasteiger partial charge in [-0.2, -0.15) is 0 Å². The van der Waals surface area contributed by atoms with E-state index in [4.69, 9.17) is 9.47 Å². The molecule has 1 N–H and O–H groups in total. The normalized spacial score (nSPS) is 19.9. The molecular formula is C24H32N4O6. The summed E-state index contributed by atoms with van der Waals surface area (Å²) in [6.45, 7) is 7.34. The summed E-state index contributed by atoms with van der Waals surface area (Å²) < 4.78 is 14.4. The Kier molecular flexibility index (Phi) is 6.42. The first-order valence-electron chi connectivity index (χ1n) is 11.7. The van der Waals surface area contributed by atoms with E-state index in [-0.39, 0.29) is 24.1 Å². The molecule has 10 heteroatoms. The zero-order chi connectivity index (χ0) is 24.6. The summed E-state index contributed by atoms with van der Waals surface area (Å²) in [4.78, 5) is 50.7. The van der Waals surface area contributed by atoms with Crippen molar-refractivity contribution >= 4 is 28.9 Å². The number of rotatable bonds is 4. The number of imidazole rings is 1. The SMILES string of the molecule is Cn1c(=O)n(C2CCC(=O)NC2=O)c2ccc(OCC3CCN(C(=O)OC(C)(C)C)CC3)cc21. The molecule has 2 aliphatic rings. The minimum atomic E-state index is -0.712. The molecular weight excluding hydrogens is 440 g/mol. The Bertz CT molecular complexity index is 1170. The van der Waals surface area contributed by atoms with Crippen molar-refractivity contribution in [1.82, 2.24) is 19.4 Å². The van der Waals surface area contributed by atoms with Crippen molar-refractivity contribution in [3.63, 3.8) is 0 Å². The fourth-order valence-corrected chi connectivity index (χ4v) is 4.49. The van der Waals surface area contributed by atoms with Gasteiger partial charge in [-0.3, -0.25) is 24.0 Å². The lowest BCUT2D eigenvalue weighted by Crippen LogP contribution is -2.44. The van der Waals surface area contributed by atoms with Gasteiger partial charge in [-0.15, -0.1) is 0 Å². The Morgan fingerprint density at radius 2 is 1.79 bits per heavy atom. The van der Waals surface area contributed by atoms with Crippen LogP contribution in [0.1, 0.15) is 52.5 Å². The van der Waals surface area contributed by atoms with Crippen molar-refractivity contribution in [2.45, 2.75) is 58.1 Å². The molecule has 10 nitrogen and oxygen atoms in total. The molecule has 1 aromatic carbocycles. The molecule has 4 rings (SSSR count). The number of carbonyl (C=O) groups excluding carboxylic acids is 3. The molecule has 0 spiro atoms. The number of imide groups is 1. The summed E-state index contributed by atoms with van der Waals surface area (Å²) in [5.74, 6) is 0.176. The highest BCUT2D eigenvalue weighted by Gasteiger charge is 2.31. The molecule has 184 valence electrons. The fourth-order valence-electron chi connectivity index (χ4n) is 4.49. The standard InChI is InChI=1S/C24H32N4O6/c1-24(2,3)34-23(32)27-11-9-15(10-12-27)14-33-16-5-6-17-19(13-16)26(4)22(31)28(17)18-7-8-20(29)25-21(18)30/h5-6,13,15,18H,7-12,14H2,1-4H3,(H,25,29,30). The molecule has 0 saturated carbocycles. The first kappa shape index (κ1) is 23.8. The third kappa shape index (κ3) is 4.95. The van der Waals surface area contributed by atoms with Crippen molar-refractivity contribution in [2.24, 2.45) is 13.0 Å². The molecule has 3 amide bonds. The predicted molar refractivity (Wildman–Crippen MR) is 125 cm³/mol. The van der Waals surface area contributed by atoms with Crippen LogP contribution in [0.4, 0.5) is 4.79 Å². The Labute approximate surface area is 197 Å². The number of benzene rings is 1. The van der Waals surface area contributed by atoms with Gasteiger partial charge in [0, 0.05) is 32.6 Å². The summed E-state index contributed by atoms with van der Waals surface area (Å²) in [7, 11) is 1.66. The molecule has 1 aromatic heterocycles. The second kappa shape index (κ2) is 9.15. The second-order valence-corrected chi connectivity index (χ2v) is 10.1. The van der Waals surface area contributed by atoms with Crippen LogP contribution in [0.15, 0.2) is 23.0 Å². The highest BCUT2D eigenvalue weighted by molar-refractivity contribution is 6.00. The summed E-state index contributed by atoms with van der Waals surface area (Å²) in [5.41, 5.74) is 0.468. The molecule has 1 atom stereocenters. The average molecular weight is 473 g/mol. The smallest absolute Gasteiger partial charge is 0.410 e. The van der Waals surface area contributed by atoms with Crippen molar-refractivity contribution in [3.8, 4) is 5.75 Å². The minimum absolute atomic E-state index is 0.202. The van der Waals surface area contributed by atoms with E-state index in [0.29, 0.717) is 48.8 Å². The molecule has 2 aliphatic heterocycles. The van der Waals surface area contributed by atoms with E-state index in [9.17, 15) is 19.2 Å². The van der Waals surface area contributed by atoms with Crippen LogP contribution in [0.2, 0.25) is 0 Å². The van der Waals surface area contributed by atoms with Crippen molar-refractivity contribution < 1.29 is 23.9 Å². The Morgan fingerprint density at radius 1 is 1.09 bits per heavy atom. The van der Waals surface area contributed by atoms with Crippen LogP contribution in [0.5, 0.6) is 5.75 Å². The number of piperidine rings is 2. The summed E-state index contributed by atoms with van der Waals surface area (Å²) in [6.07, 6.45) is 1.87. The van der Waals surface area contributed by atoms with Crippen molar-refractivity contribution in [3.05, 3.63) is 28.7 Å². The van der Waals surface area contributed by atoms with E-state index in [1.54, 1.807) is 30.1 Å². The third-order valence-electron chi connectivity index (χ3n) is 6.33. The van der Waals surface area contributed by atoms with Gasteiger partial charge in [-0.05, 0) is 58.1 Å². The Balaban J connectivity index is 1.40. The van der Waals surface area contributed by atoms with Crippen LogP contribution in [-0.2, 0) is 21.4 Å². The maximum absolute atomic E-state index is 12.9. The Morgan fingerprint density at radius 3 is 2.44 bits per heavy atom. The van der Waals surface area contributed by atoms with Gasteiger partial charge in [0.25, 0.3) is 0 Å². The number of aryl methyl sites for hydroxylation is 1. The summed E-state index contributed by atoms with van der Waals surface area (Å²) in [5, 5.41) is 2.31. The van der Waals surface area contributed by atoms with Crippen LogP contribution in [0, 0.1) is 5.92 Å². The van der Waals surface area contributed by atoms with Gasteiger partial charge in [0.2, 0.25) is 11.8 Å². The number of nitrogens with zero attached hydrogens (tertiary/aromatic N) is 3. The van der Waals surface area contributed by atoms with E-state index in [1.807, 2.05) is 20.8 Å². The number of hydrogen-bond donors (Lipinski definition) is 1. The number of aromatic nitrogens is 2. The number of nitrogens with one attached hydrogen (secondary N) is 1. The lowest BCUT2D eigenvalue weighted by molar-refractivity contribution is -0.135. The number of hydrogen-bond acceptors (Lipinski definition) is 6. The lowest BCUT2D eigenvalue weighted by Gasteiger charge is -2.33. The monoisotopic (exact) mass is 472 g/mol. The van der Waals surface area contributed by atoms with E-state index < -0.39 is 17.6 Å². The molecule has 0 radical (unpaired) electrons. The van der Waals surface area contributed by atoms with Crippen molar-refractivity contribution in [1.29, 1.82) is 0 Å². The molecule has 2 saturated heterocycles. The number of ether oxygens (including phenoxy) is 2. The first-order valence-corrected chi connectivity index (χ1v) is 11.7. The largest absolute Gasteiger partial charge is 0.493 e. The lowest BCUT2D eigenvalue weighted by atomic mass is 9.98. The maximum Gasteiger partial charge on any atom is 0.410 e. The van der Waals surface area contributed by atoms with Crippen LogP contribution >= 0.6 is 0 Å². The third-order valence-corrected chi connectivity index (χ3v) is 6.33. The fraction of sp³-hybridized carbons (Fsp3) is 0.583. The average Bonchev–Trinajstić information content (AvgIpc) is 3.01. The quantitative estimate of drug-likeness (QED) is 0.684. The van der Waals surface area contributed by atoms with Gasteiger partial charge in [0.15, 0.2) is 0 Å². The van der Waals surface area contributed by atoms with Crippen molar-refractivity contribution in [2.75, 3.05) is 19.7 Å². The van der Waals surface area contributed by atoms with Gasteiger partial charge in [0.05, 0.1) is 17.6 Å². The van der Waals surface area contributed by atoms with Gasteiger partial charge >= 0.3 is 11.8 Å². The zero-order valence-electron chi connectivity index (χ0n) is 20.1. The zero-order valence-corrected chi connectivity index (χ0v) is 20.1. The molecule has 3 heterocycles. The number of fused-ring (bicyclic) bond motifs is 1. The van der Waals surface area contributed by atoms with Crippen LogP contribution in [0.25, 0.3) is 11.0 Å². The topological polar surface area (TPSA) is 112 Å². The molecule has 0 aliphatic carbocycles. The first-order chi connectivity index (χ1) is 16.0. The molecule has 34 heavy (non-hydrogen) atoms. The molecule has 2 aromatic rings. The highest BCUT2D eigenvalue weighted by Crippen LogP contribution is 2.27. The number of amides is 3. The van der Waals surface area contributed by atoms with Crippen LogP contribution < -0.4 is 15.7 Å².